The van der Waals surface area contributed by atoms with Crippen molar-refractivity contribution in [1.29, 1.82) is 0 Å². The number of halogens is 2. The van der Waals surface area contributed by atoms with Crippen molar-refractivity contribution in [1.82, 2.24) is 5.32 Å². The predicted molar refractivity (Wildman–Crippen MR) is 85.5 cm³/mol. The Morgan fingerprint density at radius 2 is 1.85 bits per heavy atom. The van der Waals surface area contributed by atoms with E-state index < -0.39 is 0 Å². The molecule has 1 aromatic rings. The van der Waals surface area contributed by atoms with Crippen LogP contribution in [-0.2, 0) is 10.2 Å². The first-order valence-corrected chi connectivity index (χ1v) is 7.31. The fraction of sp³-hybridized carbons (Fsp3) is 0.533. The number of hydrogen-bond donors (Lipinski definition) is 2. The molecule has 1 saturated carbocycles. The Morgan fingerprint density at radius 3 is 2.40 bits per heavy atom. The van der Waals surface area contributed by atoms with Crippen LogP contribution in [0.15, 0.2) is 24.3 Å². The average molecular weight is 317 g/mol. The van der Waals surface area contributed by atoms with Crippen LogP contribution in [0, 0.1) is 0 Å². The summed E-state index contributed by atoms with van der Waals surface area (Å²) in [6, 6.07) is 7.70. The third-order valence-electron chi connectivity index (χ3n) is 3.96. The van der Waals surface area contributed by atoms with Gasteiger partial charge in [-0.2, -0.15) is 0 Å². The van der Waals surface area contributed by atoms with Crippen LogP contribution in [0.1, 0.15) is 37.7 Å². The van der Waals surface area contributed by atoms with E-state index in [-0.39, 0.29) is 23.7 Å². The summed E-state index contributed by atoms with van der Waals surface area (Å²) in [5.74, 6) is 0.140. The van der Waals surface area contributed by atoms with E-state index in [1.165, 1.54) is 0 Å². The average Bonchev–Trinajstić information content (AvgIpc) is 2.90. The third-order valence-corrected chi connectivity index (χ3v) is 4.21. The topological polar surface area (TPSA) is 55.1 Å². The first-order chi connectivity index (χ1) is 9.19. The van der Waals surface area contributed by atoms with E-state index in [0.717, 1.165) is 37.7 Å². The normalized spacial score (nSPS) is 16.5. The van der Waals surface area contributed by atoms with E-state index in [9.17, 15) is 4.79 Å². The monoisotopic (exact) mass is 316 g/mol. The number of benzene rings is 1. The number of rotatable bonds is 5. The summed E-state index contributed by atoms with van der Waals surface area (Å²) < 4.78 is 0. The second-order valence-electron chi connectivity index (χ2n) is 5.19. The lowest BCUT2D eigenvalue weighted by atomic mass is 9.78. The smallest absolute Gasteiger partial charge is 0.230 e. The van der Waals surface area contributed by atoms with Gasteiger partial charge in [0.2, 0.25) is 5.91 Å². The van der Waals surface area contributed by atoms with E-state index >= 15 is 0 Å². The fourth-order valence-corrected chi connectivity index (χ4v) is 2.99. The first kappa shape index (κ1) is 17.3. The maximum absolute atomic E-state index is 12.5. The minimum atomic E-state index is -0.362. The van der Waals surface area contributed by atoms with Gasteiger partial charge in [-0.3, -0.25) is 4.79 Å². The standard InChI is InChI=1S/C15H21ClN2O.ClH/c16-13-6-4-12(5-7-13)15(8-1-2-9-15)14(19)18-11-3-10-17;/h4-7H,1-3,8-11,17H2,(H,18,19);1H. The molecule has 0 saturated heterocycles. The molecule has 0 unspecified atom stereocenters. The molecule has 0 radical (unpaired) electrons. The van der Waals surface area contributed by atoms with Crippen molar-refractivity contribution in [3.8, 4) is 0 Å². The van der Waals surface area contributed by atoms with Crippen LogP contribution >= 0.6 is 24.0 Å². The number of amides is 1. The Hall–Kier alpha value is -0.770. The second kappa shape index (κ2) is 7.87. The van der Waals surface area contributed by atoms with Crippen LogP contribution in [0.4, 0.5) is 0 Å². The number of carbonyl (C=O) groups is 1. The van der Waals surface area contributed by atoms with Gasteiger partial charge >= 0.3 is 0 Å². The number of carbonyl (C=O) groups excluding carboxylic acids is 1. The maximum atomic E-state index is 12.5. The summed E-state index contributed by atoms with van der Waals surface area (Å²) in [6.45, 7) is 1.26. The molecule has 20 heavy (non-hydrogen) atoms. The Balaban J connectivity index is 0.00000200. The Bertz CT molecular complexity index is 428. The summed E-state index contributed by atoms with van der Waals surface area (Å²) in [5.41, 5.74) is 6.18. The highest BCUT2D eigenvalue weighted by Gasteiger charge is 2.42. The molecule has 1 amide bonds. The van der Waals surface area contributed by atoms with Crippen molar-refractivity contribution < 1.29 is 4.79 Å². The van der Waals surface area contributed by atoms with Gasteiger partial charge in [0.25, 0.3) is 0 Å². The molecule has 0 aliphatic heterocycles. The van der Waals surface area contributed by atoms with E-state index in [1.54, 1.807) is 0 Å². The molecule has 112 valence electrons. The summed E-state index contributed by atoms with van der Waals surface area (Å²) in [7, 11) is 0. The molecule has 3 N–H and O–H groups in total. The van der Waals surface area contributed by atoms with Crippen molar-refractivity contribution in [3.05, 3.63) is 34.9 Å². The van der Waals surface area contributed by atoms with Crippen LogP contribution in [-0.4, -0.2) is 19.0 Å². The highest BCUT2D eigenvalue weighted by molar-refractivity contribution is 6.30. The van der Waals surface area contributed by atoms with Crippen LogP contribution in [0.25, 0.3) is 0 Å². The Labute approximate surface area is 131 Å². The molecular formula is C15H22Cl2N2O. The van der Waals surface area contributed by atoms with Gasteiger partial charge < -0.3 is 11.1 Å². The number of hydrogen-bond acceptors (Lipinski definition) is 2. The molecule has 0 aromatic heterocycles. The lowest BCUT2D eigenvalue weighted by Crippen LogP contribution is -2.43. The summed E-state index contributed by atoms with van der Waals surface area (Å²) in [6.07, 6.45) is 4.87. The van der Waals surface area contributed by atoms with Crippen molar-refractivity contribution in [3.63, 3.8) is 0 Å². The lowest BCUT2D eigenvalue weighted by Gasteiger charge is -2.28. The minimum Gasteiger partial charge on any atom is -0.355 e. The van der Waals surface area contributed by atoms with Gasteiger partial charge in [0.15, 0.2) is 0 Å². The van der Waals surface area contributed by atoms with Crippen molar-refractivity contribution in [2.45, 2.75) is 37.5 Å². The van der Waals surface area contributed by atoms with Crippen molar-refractivity contribution >= 4 is 29.9 Å². The molecule has 3 nitrogen and oxygen atoms in total. The number of nitrogens with one attached hydrogen (secondary N) is 1. The first-order valence-electron chi connectivity index (χ1n) is 6.93. The zero-order valence-corrected chi connectivity index (χ0v) is 13.1. The van der Waals surface area contributed by atoms with Crippen LogP contribution in [0.3, 0.4) is 0 Å². The third kappa shape index (κ3) is 3.66. The molecule has 2 rings (SSSR count). The number of nitrogens with two attached hydrogens (primary N) is 1. The largest absolute Gasteiger partial charge is 0.355 e. The zero-order valence-electron chi connectivity index (χ0n) is 11.5. The predicted octanol–water partition coefficient (Wildman–Crippen LogP) is 3.04. The Morgan fingerprint density at radius 1 is 1.25 bits per heavy atom. The van der Waals surface area contributed by atoms with Gasteiger partial charge in [-0.1, -0.05) is 36.6 Å². The van der Waals surface area contributed by atoms with E-state index in [0.29, 0.717) is 18.1 Å². The highest BCUT2D eigenvalue weighted by Crippen LogP contribution is 2.41. The van der Waals surface area contributed by atoms with Gasteiger partial charge in [-0.05, 0) is 43.5 Å². The van der Waals surface area contributed by atoms with E-state index in [2.05, 4.69) is 5.32 Å². The Kier molecular flexibility index (Phi) is 6.80. The summed E-state index contributed by atoms with van der Waals surface area (Å²) in [4.78, 5) is 12.5. The van der Waals surface area contributed by atoms with E-state index in [4.69, 9.17) is 17.3 Å². The van der Waals surface area contributed by atoms with Gasteiger partial charge in [-0.15, -0.1) is 12.4 Å². The molecule has 1 fully saturated rings. The molecule has 1 aromatic carbocycles. The molecule has 0 bridgehead atoms. The fourth-order valence-electron chi connectivity index (χ4n) is 2.87. The molecule has 1 aliphatic carbocycles. The summed E-state index contributed by atoms with van der Waals surface area (Å²) in [5, 5.41) is 3.74. The SMILES string of the molecule is Cl.NCCCNC(=O)C1(c2ccc(Cl)cc2)CCCC1. The van der Waals surface area contributed by atoms with Crippen molar-refractivity contribution in [2.24, 2.45) is 5.73 Å². The van der Waals surface area contributed by atoms with Gasteiger partial charge in [0.1, 0.15) is 0 Å². The second-order valence-corrected chi connectivity index (χ2v) is 5.63. The summed E-state index contributed by atoms with van der Waals surface area (Å²) >= 11 is 5.93. The van der Waals surface area contributed by atoms with Gasteiger partial charge in [0, 0.05) is 11.6 Å². The molecule has 1 aliphatic rings. The van der Waals surface area contributed by atoms with Crippen molar-refractivity contribution in [2.75, 3.05) is 13.1 Å². The molecule has 0 atom stereocenters. The quantitative estimate of drug-likeness (QED) is 0.820. The van der Waals surface area contributed by atoms with Crippen LogP contribution in [0.5, 0.6) is 0 Å². The molecule has 0 heterocycles. The molecular weight excluding hydrogens is 295 g/mol. The van der Waals surface area contributed by atoms with Gasteiger partial charge in [0.05, 0.1) is 5.41 Å². The van der Waals surface area contributed by atoms with Gasteiger partial charge in [-0.25, -0.2) is 0 Å². The highest BCUT2D eigenvalue weighted by atomic mass is 35.5. The lowest BCUT2D eigenvalue weighted by molar-refractivity contribution is -0.126. The molecule has 0 spiro atoms. The minimum absolute atomic E-state index is 0. The zero-order chi connectivity index (χ0) is 13.7. The van der Waals surface area contributed by atoms with Crippen LogP contribution < -0.4 is 11.1 Å². The van der Waals surface area contributed by atoms with Crippen LogP contribution in [0.2, 0.25) is 5.02 Å². The van der Waals surface area contributed by atoms with E-state index in [1.807, 2.05) is 24.3 Å². The maximum Gasteiger partial charge on any atom is 0.230 e. The molecule has 5 heteroatoms.